The first-order chi connectivity index (χ1) is 15.0. The van der Waals surface area contributed by atoms with Crippen molar-refractivity contribution in [1.82, 2.24) is 25.7 Å². The summed E-state index contributed by atoms with van der Waals surface area (Å²) < 4.78 is 13.1. The normalized spacial score (nSPS) is 14.7. The van der Waals surface area contributed by atoms with Crippen LogP contribution in [0.3, 0.4) is 0 Å². The number of hydrogen-bond acceptors (Lipinski definition) is 4. The third-order valence-electron chi connectivity index (χ3n) is 6.13. The Labute approximate surface area is 181 Å². The van der Waals surface area contributed by atoms with Crippen LogP contribution in [-0.2, 0) is 11.2 Å². The molecule has 0 radical (unpaired) electrons. The maximum Gasteiger partial charge on any atom is 0.220 e. The van der Waals surface area contributed by atoms with Gasteiger partial charge in [-0.05, 0) is 74.4 Å². The van der Waals surface area contributed by atoms with Gasteiger partial charge in [0, 0.05) is 37.8 Å². The number of amides is 1. The third kappa shape index (κ3) is 5.13. The molecule has 8 heteroatoms. The molecule has 1 aliphatic rings. The molecule has 4 rings (SSSR count). The van der Waals surface area contributed by atoms with Gasteiger partial charge in [-0.1, -0.05) is 0 Å². The van der Waals surface area contributed by atoms with Gasteiger partial charge in [-0.2, -0.15) is 10.2 Å². The molecule has 164 valence electrons. The molecule has 0 saturated carbocycles. The molecule has 1 aromatic carbocycles. The van der Waals surface area contributed by atoms with E-state index >= 15 is 0 Å². The summed E-state index contributed by atoms with van der Waals surface area (Å²) in [4.78, 5) is 14.5. The van der Waals surface area contributed by atoms with Crippen molar-refractivity contribution in [2.75, 3.05) is 24.5 Å². The van der Waals surface area contributed by atoms with Gasteiger partial charge in [0.15, 0.2) is 5.82 Å². The summed E-state index contributed by atoms with van der Waals surface area (Å²) >= 11 is 0. The van der Waals surface area contributed by atoms with Crippen LogP contribution in [0.25, 0.3) is 11.3 Å². The number of carbonyl (C=O) groups excluding carboxylic acids is 1. The molecule has 7 nitrogen and oxygen atoms in total. The number of nitrogens with zero attached hydrogens (tertiary/aromatic N) is 3. The van der Waals surface area contributed by atoms with Gasteiger partial charge < -0.3 is 10.2 Å². The Morgan fingerprint density at radius 3 is 2.58 bits per heavy atom. The molecule has 0 aliphatic carbocycles. The number of aryl methyl sites for hydroxylation is 2. The smallest absolute Gasteiger partial charge is 0.220 e. The first-order valence-corrected chi connectivity index (χ1v) is 10.8. The maximum absolute atomic E-state index is 13.1. The predicted octanol–water partition coefficient (Wildman–Crippen LogP) is 3.52. The fourth-order valence-corrected chi connectivity index (χ4v) is 4.14. The molecule has 0 unspecified atom stereocenters. The molecule has 0 spiro atoms. The first kappa shape index (κ1) is 21.1. The molecule has 2 aromatic heterocycles. The number of aromatic amines is 2. The Morgan fingerprint density at radius 2 is 1.90 bits per heavy atom. The van der Waals surface area contributed by atoms with Crippen molar-refractivity contribution in [3.05, 3.63) is 53.1 Å². The summed E-state index contributed by atoms with van der Waals surface area (Å²) in [6, 6.07) is 8.41. The summed E-state index contributed by atoms with van der Waals surface area (Å²) in [5, 5.41) is 17.7. The van der Waals surface area contributed by atoms with E-state index in [0.29, 0.717) is 18.8 Å². The van der Waals surface area contributed by atoms with Crippen LogP contribution in [0.1, 0.15) is 36.2 Å². The Balaban J connectivity index is 1.21. The van der Waals surface area contributed by atoms with E-state index in [0.717, 1.165) is 66.5 Å². The van der Waals surface area contributed by atoms with Gasteiger partial charge in [0.05, 0.1) is 11.4 Å². The number of halogens is 1. The summed E-state index contributed by atoms with van der Waals surface area (Å²) in [5.74, 6) is 1.24. The molecule has 0 bridgehead atoms. The van der Waals surface area contributed by atoms with E-state index in [9.17, 15) is 9.18 Å². The summed E-state index contributed by atoms with van der Waals surface area (Å²) in [6.07, 6.45) is 3.23. The van der Waals surface area contributed by atoms with Crippen molar-refractivity contribution in [2.45, 2.75) is 39.5 Å². The van der Waals surface area contributed by atoms with E-state index in [2.05, 4.69) is 30.6 Å². The zero-order chi connectivity index (χ0) is 21.8. The highest BCUT2D eigenvalue weighted by atomic mass is 19.1. The van der Waals surface area contributed by atoms with Crippen molar-refractivity contribution in [3.63, 3.8) is 0 Å². The minimum atomic E-state index is -0.246. The van der Waals surface area contributed by atoms with Crippen LogP contribution in [0, 0.1) is 25.6 Å². The molecule has 31 heavy (non-hydrogen) atoms. The Hall–Kier alpha value is -3.16. The maximum atomic E-state index is 13.1. The number of nitrogens with one attached hydrogen (secondary N) is 3. The highest BCUT2D eigenvalue weighted by Gasteiger charge is 2.22. The van der Waals surface area contributed by atoms with E-state index in [1.54, 1.807) is 12.1 Å². The highest BCUT2D eigenvalue weighted by Crippen LogP contribution is 2.26. The minimum absolute atomic E-state index is 0.0960. The number of anilines is 1. The van der Waals surface area contributed by atoms with Crippen LogP contribution in [0.5, 0.6) is 0 Å². The van der Waals surface area contributed by atoms with Gasteiger partial charge >= 0.3 is 0 Å². The summed E-state index contributed by atoms with van der Waals surface area (Å²) in [7, 11) is 0. The molecule has 3 aromatic rings. The second-order valence-electron chi connectivity index (χ2n) is 8.29. The number of benzene rings is 1. The third-order valence-corrected chi connectivity index (χ3v) is 6.13. The van der Waals surface area contributed by atoms with Crippen LogP contribution < -0.4 is 10.2 Å². The number of piperidine rings is 1. The van der Waals surface area contributed by atoms with E-state index in [-0.39, 0.29) is 11.7 Å². The lowest BCUT2D eigenvalue weighted by Crippen LogP contribution is -2.38. The number of H-pyrrole nitrogens is 2. The largest absolute Gasteiger partial charge is 0.356 e. The van der Waals surface area contributed by atoms with Gasteiger partial charge in [0.1, 0.15) is 5.82 Å². The number of aromatic nitrogens is 4. The number of hydrogen-bond donors (Lipinski definition) is 3. The number of rotatable bonds is 7. The second kappa shape index (κ2) is 9.32. The molecule has 1 saturated heterocycles. The van der Waals surface area contributed by atoms with Crippen LogP contribution in [-0.4, -0.2) is 45.9 Å². The molecular formula is C23H29FN6O. The standard InChI is InChI=1S/C23H29FN6O/c1-15-20(16(2)27-26-15)7-8-23(31)25-14-17-9-11-30(12-10-17)22-13-21(28-29-22)18-3-5-19(24)6-4-18/h3-6,13,17H,7-12,14H2,1-2H3,(H,25,31)(H,26,27)(H,28,29). The highest BCUT2D eigenvalue weighted by molar-refractivity contribution is 5.76. The number of carbonyl (C=O) groups is 1. The van der Waals surface area contributed by atoms with Gasteiger partial charge in [0.2, 0.25) is 5.91 Å². The lowest BCUT2D eigenvalue weighted by molar-refractivity contribution is -0.121. The lowest BCUT2D eigenvalue weighted by Gasteiger charge is -2.32. The Bertz CT molecular complexity index is 998. The molecular weight excluding hydrogens is 395 g/mol. The molecule has 3 heterocycles. The monoisotopic (exact) mass is 424 g/mol. The molecule has 1 amide bonds. The topological polar surface area (TPSA) is 89.7 Å². The van der Waals surface area contributed by atoms with Gasteiger partial charge in [-0.15, -0.1) is 0 Å². The van der Waals surface area contributed by atoms with Gasteiger partial charge in [-0.25, -0.2) is 4.39 Å². The van der Waals surface area contributed by atoms with E-state index < -0.39 is 0 Å². The van der Waals surface area contributed by atoms with Crippen molar-refractivity contribution in [2.24, 2.45) is 5.92 Å². The predicted molar refractivity (Wildman–Crippen MR) is 118 cm³/mol. The summed E-state index contributed by atoms with van der Waals surface area (Å²) in [6.45, 7) is 6.48. The van der Waals surface area contributed by atoms with Gasteiger partial charge in [-0.3, -0.25) is 15.0 Å². The fourth-order valence-electron chi connectivity index (χ4n) is 4.14. The van der Waals surface area contributed by atoms with E-state index in [1.807, 2.05) is 19.9 Å². The van der Waals surface area contributed by atoms with E-state index in [1.165, 1.54) is 12.1 Å². The van der Waals surface area contributed by atoms with Crippen molar-refractivity contribution in [1.29, 1.82) is 0 Å². The molecule has 1 aliphatic heterocycles. The molecule has 1 fully saturated rings. The van der Waals surface area contributed by atoms with Crippen LogP contribution in [0.4, 0.5) is 10.2 Å². The fraction of sp³-hybridized carbons (Fsp3) is 0.435. The van der Waals surface area contributed by atoms with Crippen LogP contribution in [0.15, 0.2) is 30.3 Å². The van der Waals surface area contributed by atoms with E-state index in [4.69, 9.17) is 0 Å². The van der Waals surface area contributed by atoms with Crippen molar-refractivity contribution < 1.29 is 9.18 Å². The van der Waals surface area contributed by atoms with Crippen molar-refractivity contribution >= 4 is 11.7 Å². The minimum Gasteiger partial charge on any atom is -0.356 e. The van der Waals surface area contributed by atoms with Gasteiger partial charge in [0.25, 0.3) is 0 Å². The Kier molecular flexibility index (Phi) is 6.34. The lowest BCUT2D eigenvalue weighted by atomic mass is 9.96. The first-order valence-electron chi connectivity index (χ1n) is 10.8. The average Bonchev–Trinajstić information content (AvgIpc) is 3.39. The van der Waals surface area contributed by atoms with Crippen LogP contribution >= 0.6 is 0 Å². The quantitative estimate of drug-likeness (QED) is 0.541. The van der Waals surface area contributed by atoms with Crippen LogP contribution in [0.2, 0.25) is 0 Å². The summed E-state index contributed by atoms with van der Waals surface area (Å²) in [5.41, 5.74) is 4.95. The zero-order valence-corrected chi connectivity index (χ0v) is 18.0. The average molecular weight is 425 g/mol. The molecule has 3 N–H and O–H groups in total. The SMILES string of the molecule is Cc1n[nH]c(C)c1CCC(=O)NCC1CCN(c2cc(-c3ccc(F)cc3)[nH]n2)CC1. The van der Waals surface area contributed by atoms with Crippen molar-refractivity contribution in [3.8, 4) is 11.3 Å². The Morgan fingerprint density at radius 1 is 1.16 bits per heavy atom. The zero-order valence-electron chi connectivity index (χ0n) is 18.0. The second-order valence-corrected chi connectivity index (χ2v) is 8.29. The molecule has 0 atom stereocenters.